The van der Waals surface area contributed by atoms with Crippen LogP contribution >= 0.6 is 35.3 Å². The Hall–Kier alpha value is -2.43. The van der Waals surface area contributed by atoms with Crippen LogP contribution in [0.25, 0.3) is 21.3 Å². The molecule has 33 heavy (non-hydrogen) atoms. The number of halogens is 2. The van der Waals surface area contributed by atoms with Gasteiger partial charge in [-0.05, 0) is 36.4 Å². The number of carbonyl (C=O) groups is 1. The highest BCUT2D eigenvalue weighted by atomic mass is 35.5. The first-order valence-corrected chi connectivity index (χ1v) is 11.8. The van der Waals surface area contributed by atoms with Crippen LogP contribution in [0.4, 0.5) is 11.1 Å². The molecule has 0 bridgehead atoms. The number of benzene rings is 2. The first kappa shape index (κ1) is 23.7. The molecule has 0 atom stereocenters. The van der Waals surface area contributed by atoms with Crippen LogP contribution in [0.2, 0.25) is 5.02 Å². The number of anilines is 2. The van der Waals surface area contributed by atoms with Crippen molar-refractivity contribution in [2.45, 2.75) is 0 Å². The van der Waals surface area contributed by atoms with E-state index in [1.807, 2.05) is 48.0 Å². The lowest BCUT2D eigenvalue weighted by Crippen LogP contribution is -2.46. The summed E-state index contributed by atoms with van der Waals surface area (Å²) in [4.78, 5) is 24.3. The van der Waals surface area contributed by atoms with E-state index in [0.717, 1.165) is 59.1 Å². The van der Waals surface area contributed by atoms with Crippen molar-refractivity contribution in [2.24, 2.45) is 7.05 Å². The van der Waals surface area contributed by atoms with E-state index in [1.165, 1.54) is 11.3 Å². The summed E-state index contributed by atoms with van der Waals surface area (Å²) in [6, 6.07) is 11.2. The van der Waals surface area contributed by atoms with E-state index in [9.17, 15) is 4.79 Å². The van der Waals surface area contributed by atoms with Gasteiger partial charge in [-0.3, -0.25) is 9.69 Å². The molecule has 1 fully saturated rings. The number of nitrogens with one attached hydrogen (secondary N) is 3. The predicted octanol–water partition coefficient (Wildman–Crippen LogP) is 3.64. The zero-order valence-corrected chi connectivity index (χ0v) is 20.5. The average Bonchev–Trinajstić information content (AvgIpc) is 3.34. The standard InChI is InChI=1S/C22H24ClN7OS.ClH/c1-29-18-5-2-14(20(31)25-8-11-30-9-6-24-7-10-30)12-17(18)26-21(29)28-22-27-16-4-3-15(23)13-19(16)32-22;/h2-5,12-13,24H,6-11H2,1H3,(H,25,31)(H,26,27,28);1H. The molecule has 1 aliphatic heterocycles. The van der Waals surface area contributed by atoms with Crippen molar-refractivity contribution in [1.29, 1.82) is 0 Å². The molecular formula is C22H25Cl2N7OS. The first-order valence-electron chi connectivity index (χ1n) is 10.6. The van der Waals surface area contributed by atoms with E-state index in [1.54, 1.807) is 0 Å². The fraction of sp³-hybridized carbons (Fsp3) is 0.318. The molecule has 1 amide bonds. The smallest absolute Gasteiger partial charge is 0.251 e. The SMILES string of the molecule is Cl.Cn1c(Nc2nc3ccc(Cl)cc3s2)nc2cc(C(=O)NCCN3CCNCC3)ccc21. The van der Waals surface area contributed by atoms with Crippen molar-refractivity contribution in [1.82, 2.24) is 30.1 Å². The number of piperazine rings is 1. The van der Waals surface area contributed by atoms with Gasteiger partial charge in [0.1, 0.15) is 0 Å². The minimum Gasteiger partial charge on any atom is -0.351 e. The van der Waals surface area contributed by atoms with Gasteiger partial charge in [0.25, 0.3) is 5.91 Å². The summed E-state index contributed by atoms with van der Waals surface area (Å²) in [7, 11) is 1.94. The van der Waals surface area contributed by atoms with Gasteiger partial charge in [0.15, 0.2) is 5.13 Å². The topological polar surface area (TPSA) is 87.1 Å². The fourth-order valence-electron chi connectivity index (χ4n) is 3.86. The third-order valence-corrected chi connectivity index (χ3v) is 6.80. The number of hydrogen-bond acceptors (Lipinski definition) is 7. The summed E-state index contributed by atoms with van der Waals surface area (Å²) in [5.41, 5.74) is 3.19. The van der Waals surface area contributed by atoms with Crippen LogP contribution in [0.1, 0.15) is 10.4 Å². The number of aryl methyl sites for hydroxylation is 1. The molecule has 5 rings (SSSR count). The van der Waals surface area contributed by atoms with Crippen LogP contribution in [0.5, 0.6) is 0 Å². The zero-order valence-electron chi connectivity index (χ0n) is 18.1. The van der Waals surface area contributed by atoms with Gasteiger partial charge >= 0.3 is 0 Å². The van der Waals surface area contributed by atoms with Crippen molar-refractivity contribution in [3.63, 3.8) is 0 Å². The number of carbonyl (C=O) groups excluding carboxylic acids is 1. The third-order valence-electron chi connectivity index (χ3n) is 5.64. The maximum absolute atomic E-state index is 12.6. The highest BCUT2D eigenvalue weighted by molar-refractivity contribution is 7.22. The third kappa shape index (κ3) is 5.23. The second-order valence-corrected chi connectivity index (χ2v) is 9.27. The molecule has 0 radical (unpaired) electrons. The number of rotatable bonds is 6. The molecule has 1 saturated heterocycles. The van der Waals surface area contributed by atoms with Crippen molar-refractivity contribution < 1.29 is 4.79 Å². The quantitative estimate of drug-likeness (QED) is 0.370. The van der Waals surface area contributed by atoms with Gasteiger partial charge in [0, 0.05) is 56.9 Å². The normalized spacial score (nSPS) is 14.4. The number of hydrogen-bond donors (Lipinski definition) is 3. The average molecular weight is 506 g/mol. The van der Waals surface area contributed by atoms with Gasteiger partial charge in [0.05, 0.1) is 21.3 Å². The van der Waals surface area contributed by atoms with Crippen molar-refractivity contribution in [2.75, 3.05) is 44.6 Å². The minimum absolute atomic E-state index is 0. The molecule has 8 nitrogen and oxygen atoms in total. The Morgan fingerprint density at radius 2 is 1.97 bits per heavy atom. The molecule has 0 spiro atoms. The zero-order chi connectivity index (χ0) is 22.1. The summed E-state index contributed by atoms with van der Waals surface area (Å²) in [5.74, 6) is 0.590. The van der Waals surface area contributed by atoms with Crippen molar-refractivity contribution >= 4 is 73.6 Å². The molecule has 0 unspecified atom stereocenters. The minimum atomic E-state index is -0.0785. The van der Waals surface area contributed by atoms with Crippen LogP contribution in [0.15, 0.2) is 36.4 Å². The molecule has 3 heterocycles. The van der Waals surface area contributed by atoms with Gasteiger partial charge in [-0.1, -0.05) is 22.9 Å². The van der Waals surface area contributed by atoms with Gasteiger partial charge < -0.3 is 20.5 Å². The van der Waals surface area contributed by atoms with E-state index in [2.05, 4.69) is 30.8 Å². The summed E-state index contributed by atoms with van der Waals surface area (Å²) in [6.07, 6.45) is 0. The lowest BCUT2D eigenvalue weighted by Gasteiger charge is -2.27. The Morgan fingerprint density at radius 1 is 1.15 bits per heavy atom. The van der Waals surface area contributed by atoms with Crippen LogP contribution in [0, 0.1) is 0 Å². The van der Waals surface area contributed by atoms with E-state index < -0.39 is 0 Å². The molecule has 2 aromatic heterocycles. The van der Waals surface area contributed by atoms with E-state index >= 15 is 0 Å². The summed E-state index contributed by atoms with van der Waals surface area (Å²) < 4.78 is 2.97. The molecule has 174 valence electrons. The van der Waals surface area contributed by atoms with Crippen LogP contribution in [-0.4, -0.2) is 64.6 Å². The van der Waals surface area contributed by atoms with Crippen molar-refractivity contribution in [3.05, 3.63) is 47.0 Å². The van der Waals surface area contributed by atoms with E-state index in [4.69, 9.17) is 11.6 Å². The first-order chi connectivity index (χ1) is 15.6. The van der Waals surface area contributed by atoms with Gasteiger partial charge in [-0.15, -0.1) is 12.4 Å². The number of amides is 1. The molecule has 1 aliphatic rings. The van der Waals surface area contributed by atoms with Crippen LogP contribution in [-0.2, 0) is 7.05 Å². The Labute approximate surface area is 206 Å². The maximum atomic E-state index is 12.6. The molecule has 3 N–H and O–H groups in total. The summed E-state index contributed by atoms with van der Waals surface area (Å²) in [5, 5.41) is 11.1. The Balaban J connectivity index is 0.00000259. The molecule has 2 aromatic carbocycles. The maximum Gasteiger partial charge on any atom is 0.251 e. The molecule has 0 saturated carbocycles. The number of nitrogens with zero attached hydrogens (tertiary/aromatic N) is 4. The lowest BCUT2D eigenvalue weighted by molar-refractivity contribution is 0.0947. The molecule has 11 heteroatoms. The Morgan fingerprint density at radius 3 is 2.79 bits per heavy atom. The second-order valence-electron chi connectivity index (χ2n) is 7.80. The largest absolute Gasteiger partial charge is 0.351 e. The number of imidazole rings is 1. The second kappa shape index (κ2) is 10.2. The van der Waals surface area contributed by atoms with E-state index in [-0.39, 0.29) is 18.3 Å². The van der Waals surface area contributed by atoms with Crippen LogP contribution < -0.4 is 16.0 Å². The van der Waals surface area contributed by atoms with Crippen molar-refractivity contribution in [3.8, 4) is 0 Å². The Bertz CT molecular complexity index is 1280. The monoisotopic (exact) mass is 505 g/mol. The van der Waals surface area contributed by atoms with E-state index in [0.29, 0.717) is 23.1 Å². The molecule has 4 aromatic rings. The molecular weight excluding hydrogens is 481 g/mol. The highest BCUT2D eigenvalue weighted by Gasteiger charge is 2.14. The van der Waals surface area contributed by atoms with Gasteiger partial charge in [-0.2, -0.15) is 0 Å². The summed E-state index contributed by atoms with van der Waals surface area (Å²) in [6.45, 7) is 5.55. The number of fused-ring (bicyclic) bond motifs is 2. The lowest BCUT2D eigenvalue weighted by atomic mass is 10.2. The highest BCUT2D eigenvalue weighted by Crippen LogP contribution is 2.31. The molecule has 0 aliphatic carbocycles. The van der Waals surface area contributed by atoms with Crippen LogP contribution in [0.3, 0.4) is 0 Å². The summed E-state index contributed by atoms with van der Waals surface area (Å²) >= 11 is 7.60. The fourth-order valence-corrected chi connectivity index (χ4v) is 5.00. The van der Waals surface area contributed by atoms with Gasteiger partial charge in [0.2, 0.25) is 5.95 Å². The number of aromatic nitrogens is 3. The van der Waals surface area contributed by atoms with Gasteiger partial charge in [-0.25, -0.2) is 9.97 Å². The predicted molar refractivity (Wildman–Crippen MR) is 138 cm³/mol. The number of thiazole rings is 1. The Kier molecular flexibility index (Phi) is 7.35.